The molecule has 0 unspecified atom stereocenters. The van der Waals surface area contributed by atoms with E-state index in [1.54, 1.807) is 0 Å². The molecule has 6 heteroatoms. The van der Waals surface area contributed by atoms with E-state index in [0.29, 0.717) is 24.8 Å². The van der Waals surface area contributed by atoms with Crippen LogP contribution in [0, 0.1) is 0 Å². The predicted molar refractivity (Wildman–Crippen MR) is 73.3 cm³/mol. The Morgan fingerprint density at radius 1 is 1.53 bits per heavy atom. The molecule has 1 heterocycles. The van der Waals surface area contributed by atoms with Crippen molar-refractivity contribution in [3.63, 3.8) is 0 Å². The number of hydrogen-bond acceptors (Lipinski definition) is 3. The lowest BCUT2D eigenvalue weighted by molar-refractivity contribution is -0.132. The third-order valence-corrected chi connectivity index (χ3v) is 3.51. The summed E-state index contributed by atoms with van der Waals surface area (Å²) in [6.45, 7) is 4.58. The molecule has 1 aromatic heterocycles. The highest BCUT2D eigenvalue weighted by molar-refractivity contribution is 6.29. The first-order chi connectivity index (χ1) is 9.06. The van der Waals surface area contributed by atoms with Gasteiger partial charge in [-0.1, -0.05) is 18.5 Å². The van der Waals surface area contributed by atoms with E-state index in [1.165, 1.54) is 10.6 Å². The Bertz CT molecular complexity index is 537. The van der Waals surface area contributed by atoms with Gasteiger partial charge in [-0.3, -0.25) is 14.2 Å². The zero-order valence-electron chi connectivity index (χ0n) is 11.2. The maximum absolute atomic E-state index is 12.2. The lowest BCUT2D eigenvalue weighted by atomic mass is 10.3. The molecule has 0 aliphatic heterocycles. The lowest BCUT2D eigenvalue weighted by Gasteiger charge is -2.21. The lowest BCUT2D eigenvalue weighted by Crippen LogP contribution is -2.38. The average Bonchev–Trinajstić information content (AvgIpc) is 3.17. The molecule has 1 fully saturated rings. The minimum atomic E-state index is -0.267. The van der Waals surface area contributed by atoms with Crippen molar-refractivity contribution in [2.75, 3.05) is 6.54 Å². The van der Waals surface area contributed by atoms with E-state index in [4.69, 9.17) is 11.6 Å². The SMILES string of the molecule is CCc1nc(Cl)cc(=O)n1CC(=O)N(CC)C1CC1. The molecule has 1 aliphatic carbocycles. The fraction of sp³-hybridized carbons (Fsp3) is 0.615. The van der Waals surface area contributed by atoms with Crippen molar-refractivity contribution in [3.8, 4) is 0 Å². The van der Waals surface area contributed by atoms with Gasteiger partial charge in [0.05, 0.1) is 0 Å². The predicted octanol–water partition coefficient (Wildman–Crippen LogP) is 1.47. The van der Waals surface area contributed by atoms with Crippen LogP contribution in [0.2, 0.25) is 5.15 Å². The van der Waals surface area contributed by atoms with Crippen LogP contribution in [-0.2, 0) is 17.8 Å². The number of nitrogens with zero attached hydrogens (tertiary/aromatic N) is 3. The first-order valence-electron chi connectivity index (χ1n) is 6.62. The topological polar surface area (TPSA) is 55.2 Å². The van der Waals surface area contributed by atoms with Gasteiger partial charge in [-0.15, -0.1) is 0 Å². The van der Waals surface area contributed by atoms with E-state index in [0.717, 1.165) is 12.8 Å². The summed E-state index contributed by atoms with van der Waals surface area (Å²) in [5.74, 6) is 0.531. The van der Waals surface area contributed by atoms with Gasteiger partial charge in [0.25, 0.3) is 5.56 Å². The number of halogens is 1. The summed E-state index contributed by atoms with van der Waals surface area (Å²) in [5.41, 5.74) is -0.267. The van der Waals surface area contributed by atoms with Crippen LogP contribution in [0.15, 0.2) is 10.9 Å². The Kier molecular flexibility index (Phi) is 4.24. The molecule has 0 saturated heterocycles. The maximum atomic E-state index is 12.2. The highest BCUT2D eigenvalue weighted by Gasteiger charge is 2.31. The molecular formula is C13H18ClN3O2. The van der Waals surface area contributed by atoms with Gasteiger partial charge in [-0.25, -0.2) is 4.98 Å². The summed E-state index contributed by atoms with van der Waals surface area (Å²) in [6.07, 6.45) is 2.70. The highest BCUT2D eigenvalue weighted by Crippen LogP contribution is 2.26. The van der Waals surface area contributed by atoms with Gasteiger partial charge >= 0.3 is 0 Å². The molecule has 0 atom stereocenters. The fourth-order valence-corrected chi connectivity index (χ4v) is 2.40. The van der Waals surface area contributed by atoms with E-state index in [9.17, 15) is 9.59 Å². The first-order valence-corrected chi connectivity index (χ1v) is 7.00. The Balaban J connectivity index is 2.22. The quantitative estimate of drug-likeness (QED) is 0.769. The smallest absolute Gasteiger partial charge is 0.255 e. The van der Waals surface area contributed by atoms with E-state index < -0.39 is 0 Å². The summed E-state index contributed by atoms with van der Waals surface area (Å²) in [4.78, 5) is 30.1. The van der Waals surface area contributed by atoms with Crippen molar-refractivity contribution in [2.45, 2.75) is 45.7 Å². The summed E-state index contributed by atoms with van der Waals surface area (Å²) in [6, 6.07) is 1.61. The molecule has 5 nitrogen and oxygen atoms in total. The first kappa shape index (κ1) is 14.1. The summed E-state index contributed by atoms with van der Waals surface area (Å²) >= 11 is 5.77. The van der Waals surface area contributed by atoms with Crippen molar-refractivity contribution in [3.05, 3.63) is 27.4 Å². The molecule has 2 rings (SSSR count). The Labute approximate surface area is 117 Å². The second-order valence-electron chi connectivity index (χ2n) is 4.68. The van der Waals surface area contributed by atoms with E-state index >= 15 is 0 Å². The van der Waals surface area contributed by atoms with Crippen LogP contribution < -0.4 is 5.56 Å². The molecule has 0 bridgehead atoms. The molecule has 0 spiro atoms. The standard InChI is InChI=1S/C13H18ClN3O2/c1-3-11-15-10(14)7-12(18)17(11)8-13(19)16(4-2)9-5-6-9/h7,9H,3-6,8H2,1-2H3. The average molecular weight is 284 g/mol. The monoisotopic (exact) mass is 283 g/mol. The molecular weight excluding hydrogens is 266 g/mol. The number of carbonyl (C=O) groups excluding carboxylic acids is 1. The van der Waals surface area contributed by atoms with E-state index in [-0.39, 0.29) is 23.2 Å². The van der Waals surface area contributed by atoms with Crippen LogP contribution in [0.1, 0.15) is 32.5 Å². The summed E-state index contributed by atoms with van der Waals surface area (Å²) < 4.78 is 1.42. The summed E-state index contributed by atoms with van der Waals surface area (Å²) in [5, 5.41) is 0.181. The molecule has 1 amide bonds. The minimum Gasteiger partial charge on any atom is -0.338 e. The number of amides is 1. The molecule has 1 aromatic rings. The largest absolute Gasteiger partial charge is 0.338 e. The summed E-state index contributed by atoms with van der Waals surface area (Å²) in [7, 11) is 0. The maximum Gasteiger partial charge on any atom is 0.255 e. The van der Waals surface area contributed by atoms with Gasteiger partial charge in [-0.2, -0.15) is 0 Å². The third kappa shape index (κ3) is 3.15. The Hall–Kier alpha value is -1.36. The third-order valence-electron chi connectivity index (χ3n) is 3.31. The number of aromatic nitrogens is 2. The van der Waals surface area contributed by atoms with Gasteiger partial charge in [0, 0.05) is 25.1 Å². The second kappa shape index (κ2) is 5.74. The minimum absolute atomic E-state index is 0.0223. The van der Waals surface area contributed by atoms with Crippen LogP contribution in [0.3, 0.4) is 0 Å². The van der Waals surface area contributed by atoms with Gasteiger partial charge in [0.15, 0.2) is 0 Å². The number of rotatable bonds is 5. The van der Waals surface area contributed by atoms with Crippen LogP contribution in [0.5, 0.6) is 0 Å². The van der Waals surface area contributed by atoms with Crippen molar-refractivity contribution < 1.29 is 4.79 Å². The molecule has 0 N–H and O–H groups in total. The Morgan fingerprint density at radius 3 is 2.74 bits per heavy atom. The van der Waals surface area contributed by atoms with Gasteiger partial charge in [0.2, 0.25) is 5.91 Å². The van der Waals surface area contributed by atoms with Crippen LogP contribution >= 0.6 is 11.6 Å². The second-order valence-corrected chi connectivity index (χ2v) is 5.07. The van der Waals surface area contributed by atoms with Gasteiger partial charge in [-0.05, 0) is 19.8 Å². The zero-order chi connectivity index (χ0) is 14.0. The molecule has 0 aromatic carbocycles. The van der Waals surface area contributed by atoms with Crippen molar-refractivity contribution >= 4 is 17.5 Å². The molecule has 0 radical (unpaired) electrons. The van der Waals surface area contributed by atoms with Gasteiger partial charge in [0.1, 0.15) is 17.5 Å². The van der Waals surface area contributed by atoms with Crippen molar-refractivity contribution in [1.82, 2.24) is 14.5 Å². The fourth-order valence-electron chi connectivity index (χ4n) is 2.21. The highest BCUT2D eigenvalue weighted by atomic mass is 35.5. The normalized spacial score (nSPS) is 14.5. The van der Waals surface area contributed by atoms with E-state index in [2.05, 4.69) is 4.98 Å². The number of carbonyl (C=O) groups is 1. The zero-order valence-corrected chi connectivity index (χ0v) is 12.0. The molecule has 1 saturated carbocycles. The van der Waals surface area contributed by atoms with E-state index in [1.807, 2.05) is 18.7 Å². The van der Waals surface area contributed by atoms with Crippen molar-refractivity contribution in [2.24, 2.45) is 0 Å². The molecule has 19 heavy (non-hydrogen) atoms. The molecule has 104 valence electrons. The molecule has 1 aliphatic rings. The van der Waals surface area contributed by atoms with Gasteiger partial charge < -0.3 is 4.90 Å². The van der Waals surface area contributed by atoms with Crippen LogP contribution in [0.4, 0.5) is 0 Å². The Morgan fingerprint density at radius 2 is 2.21 bits per heavy atom. The van der Waals surface area contributed by atoms with Crippen molar-refractivity contribution in [1.29, 1.82) is 0 Å². The number of hydrogen-bond donors (Lipinski definition) is 0. The number of likely N-dealkylation sites (N-methyl/N-ethyl adjacent to an activating group) is 1. The number of aryl methyl sites for hydroxylation is 1. The van der Waals surface area contributed by atoms with Crippen LogP contribution in [0.25, 0.3) is 0 Å². The van der Waals surface area contributed by atoms with Crippen LogP contribution in [-0.4, -0.2) is 32.9 Å².